The fourth-order valence-corrected chi connectivity index (χ4v) is 6.20. The summed E-state index contributed by atoms with van der Waals surface area (Å²) in [7, 11) is 3.66. The van der Waals surface area contributed by atoms with Crippen molar-refractivity contribution in [2.24, 2.45) is 0 Å². The first-order chi connectivity index (χ1) is 24.0. The summed E-state index contributed by atoms with van der Waals surface area (Å²) >= 11 is 0. The maximum Gasteiger partial charge on any atom is 0.317 e. The molecule has 0 radical (unpaired) electrons. The van der Waals surface area contributed by atoms with Gasteiger partial charge in [0.05, 0.1) is 13.2 Å². The topological polar surface area (TPSA) is 59.0 Å². The van der Waals surface area contributed by atoms with Crippen LogP contribution in [0.2, 0.25) is 0 Å². The van der Waals surface area contributed by atoms with Crippen molar-refractivity contribution in [1.82, 2.24) is 4.90 Å². The number of carboxylic acid groups (broad SMARTS) is 1. The molecule has 0 aliphatic heterocycles. The maximum atomic E-state index is 11.0. The fraction of sp³-hybridized carbons (Fsp3) is 0.795. The van der Waals surface area contributed by atoms with Gasteiger partial charge in [-0.3, -0.25) is 9.69 Å². The van der Waals surface area contributed by atoms with Crippen LogP contribution in [0.1, 0.15) is 187 Å². The lowest BCUT2D eigenvalue weighted by molar-refractivity contribution is -0.232. The Labute approximate surface area is 305 Å². The van der Waals surface area contributed by atoms with Crippen LogP contribution >= 0.6 is 0 Å². The van der Waals surface area contributed by atoms with Gasteiger partial charge in [-0.1, -0.05) is 140 Å². The van der Waals surface area contributed by atoms with E-state index in [1.807, 2.05) is 19.1 Å². The van der Waals surface area contributed by atoms with E-state index in [1.54, 1.807) is 0 Å². The Kier molecular flexibility index (Phi) is 36.3. The van der Waals surface area contributed by atoms with E-state index in [2.05, 4.69) is 62.5 Å². The third-order valence-electron chi connectivity index (χ3n) is 9.34. The van der Waals surface area contributed by atoms with E-state index in [4.69, 9.17) is 14.6 Å². The number of nitrogens with zero attached hydrogens (tertiary/aromatic N) is 1. The molecule has 0 aliphatic rings. The lowest BCUT2D eigenvalue weighted by atomic mass is 9.98. The highest BCUT2D eigenvalue weighted by Gasteiger charge is 2.29. The molecule has 0 amide bonds. The highest BCUT2D eigenvalue weighted by atomic mass is 16.7. The van der Waals surface area contributed by atoms with Crippen molar-refractivity contribution in [3.8, 4) is 0 Å². The first-order valence-corrected chi connectivity index (χ1v) is 20.7. The maximum absolute atomic E-state index is 11.0. The smallest absolute Gasteiger partial charge is 0.317 e. The van der Waals surface area contributed by atoms with Gasteiger partial charge in [0.2, 0.25) is 0 Å². The van der Waals surface area contributed by atoms with Gasteiger partial charge in [-0.15, -0.1) is 0 Å². The third-order valence-corrected chi connectivity index (χ3v) is 9.34. The van der Waals surface area contributed by atoms with Crippen molar-refractivity contribution in [3.05, 3.63) is 48.6 Å². The highest BCUT2D eigenvalue weighted by molar-refractivity contribution is 5.68. The zero-order valence-corrected chi connectivity index (χ0v) is 33.0. The van der Waals surface area contributed by atoms with E-state index in [0.717, 1.165) is 44.9 Å². The van der Waals surface area contributed by atoms with Gasteiger partial charge in [-0.05, 0) is 90.5 Å². The molecular formula is C44H81NO4. The summed E-state index contributed by atoms with van der Waals surface area (Å²) in [5.74, 6) is -1.31. The molecule has 0 saturated heterocycles. The first-order valence-electron chi connectivity index (χ1n) is 20.7. The number of likely N-dealkylation sites (N-methyl/N-ethyl adjacent to an activating group) is 1. The largest absolute Gasteiger partial charge is 0.480 e. The summed E-state index contributed by atoms with van der Waals surface area (Å²) in [6.45, 7) is 5.89. The molecule has 0 fully saturated rings. The predicted molar refractivity (Wildman–Crippen MR) is 213 cm³/mol. The molecule has 0 unspecified atom stereocenters. The van der Waals surface area contributed by atoms with Gasteiger partial charge >= 0.3 is 5.97 Å². The number of allylic oxidation sites excluding steroid dienone is 8. The molecular weight excluding hydrogens is 606 g/mol. The number of carbonyl (C=O) groups is 1. The van der Waals surface area contributed by atoms with Crippen LogP contribution in [-0.4, -0.2) is 55.6 Å². The lowest BCUT2D eigenvalue weighted by Gasteiger charge is -2.33. The van der Waals surface area contributed by atoms with Crippen LogP contribution in [0.4, 0.5) is 0 Å². The summed E-state index contributed by atoms with van der Waals surface area (Å²) in [4.78, 5) is 12.8. The molecule has 49 heavy (non-hydrogen) atoms. The molecule has 5 heteroatoms. The predicted octanol–water partition coefficient (Wildman–Crippen LogP) is 13.2. The van der Waals surface area contributed by atoms with E-state index in [9.17, 15) is 4.79 Å². The Bertz CT molecular complexity index is 770. The van der Waals surface area contributed by atoms with Gasteiger partial charge in [0.25, 0.3) is 0 Å². The van der Waals surface area contributed by atoms with Gasteiger partial charge in [0, 0.05) is 26.5 Å². The van der Waals surface area contributed by atoms with Gasteiger partial charge in [-0.2, -0.15) is 0 Å². The van der Waals surface area contributed by atoms with Crippen molar-refractivity contribution in [2.75, 3.05) is 33.9 Å². The zero-order chi connectivity index (χ0) is 35.9. The molecule has 0 saturated carbocycles. The quantitative estimate of drug-likeness (QED) is 0.0398. The van der Waals surface area contributed by atoms with Crippen molar-refractivity contribution in [2.45, 2.75) is 193 Å². The molecule has 0 rings (SSSR count). The SMILES string of the molecule is CCCCC/C=C\C/C=C\CCCCCCCCC(CCCCCCCC/C=C\C/C=C\CCCCC)(OC)OCCCN(C)CC(=O)O. The molecule has 0 aromatic carbocycles. The fourth-order valence-electron chi connectivity index (χ4n) is 6.20. The molecule has 5 nitrogen and oxygen atoms in total. The average Bonchev–Trinajstić information content (AvgIpc) is 3.09. The minimum Gasteiger partial charge on any atom is -0.480 e. The number of hydrogen-bond acceptors (Lipinski definition) is 4. The second kappa shape index (κ2) is 37.6. The van der Waals surface area contributed by atoms with Crippen LogP contribution in [0.25, 0.3) is 0 Å². The van der Waals surface area contributed by atoms with Crippen LogP contribution in [0.3, 0.4) is 0 Å². The van der Waals surface area contributed by atoms with E-state index < -0.39 is 11.8 Å². The second-order valence-corrected chi connectivity index (χ2v) is 14.1. The molecule has 286 valence electrons. The molecule has 1 N–H and O–H groups in total. The van der Waals surface area contributed by atoms with Gasteiger partial charge in [0.15, 0.2) is 5.79 Å². The molecule has 0 heterocycles. The third kappa shape index (κ3) is 34.5. The van der Waals surface area contributed by atoms with Crippen LogP contribution < -0.4 is 0 Å². The molecule has 0 spiro atoms. The second-order valence-electron chi connectivity index (χ2n) is 14.1. The summed E-state index contributed by atoms with van der Waals surface area (Å²) in [6, 6.07) is 0. The summed E-state index contributed by atoms with van der Waals surface area (Å²) in [6.07, 6.45) is 51.2. The Morgan fingerprint density at radius 3 is 1.35 bits per heavy atom. The molecule has 0 aliphatic carbocycles. The van der Waals surface area contributed by atoms with Crippen molar-refractivity contribution >= 4 is 5.97 Å². The number of ether oxygens (including phenoxy) is 2. The van der Waals surface area contributed by atoms with Crippen molar-refractivity contribution < 1.29 is 19.4 Å². The minimum atomic E-state index is -0.788. The number of rotatable bonds is 38. The first kappa shape index (κ1) is 47.3. The van der Waals surface area contributed by atoms with E-state index in [1.165, 1.54) is 128 Å². The monoisotopic (exact) mass is 688 g/mol. The average molecular weight is 688 g/mol. The van der Waals surface area contributed by atoms with Gasteiger partial charge in [0.1, 0.15) is 0 Å². The summed E-state index contributed by atoms with van der Waals surface area (Å²) in [5.41, 5.74) is 0. The lowest BCUT2D eigenvalue weighted by Crippen LogP contribution is -2.36. The highest BCUT2D eigenvalue weighted by Crippen LogP contribution is 2.28. The zero-order valence-electron chi connectivity index (χ0n) is 33.0. The van der Waals surface area contributed by atoms with Crippen LogP contribution in [0.15, 0.2) is 48.6 Å². The van der Waals surface area contributed by atoms with Crippen LogP contribution in [0, 0.1) is 0 Å². The Morgan fingerprint density at radius 2 is 0.959 bits per heavy atom. The van der Waals surface area contributed by atoms with Crippen molar-refractivity contribution in [3.63, 3.8) is 0 Å². The van der Waals surface area contributed by atoms with Crippen molar-refractivity contribution in [1.29, 1.82) is 0 Å². The molecule has 0 aromatic rings. The van der Waals surface area contributed by atoms with E-state index >= 15 is 0 Å². The van der Waals surface area contributed by atoms with Crippen LogP contribution in [-0.2, 0) is 14.3 Å². The Morgan fingerprint density at radius 1 is 0.571 bits per heavy atom. The van der Waals surface area contributed by atoms with Crippen LogP contribution in [0.5, 0.6) is 0 Å². The molecule has 0 atom stereocenters. The normalized spacial score (nSPS) is 12.7. The van der Waals surface area contributed by atoms with E-state index in [0.29, 0.717) is 13.2 Å². The number of aliphatic carboxylic acids is 1. The standard InChI is InChI=1S/C44H81NO4/c1-5-7-9-11-13-15-17-19-21-23-25-27-29-31-33-35-38-44(48-4,49-41-37-40-45(3)42-43(46)47)39-36-34-32-30-28-26-24-22-20-18-16-14-12-10-8-6-2/h13-16,19-22H,5-12,17-18,23-42H2,1-4H3,(H,46,47)/b15-13-,16-14-,21-19-,22-20-. The summed E-state index contributed by atoms with van der Waals surface area (Å²) in [5, 5.41) is 9.04. The number of methoxy groups -OCH3 is 1. The van der Waals surface area contributed by atoms with Gasteiger partial charge < -0.3 is 14.6 Å². The van der Waals surface area contributed by atoms with Gasteiger partial charge in [-0.25, -0.2) is 0 Å². The number of hydrogen-bond donors (Lipinski definition) is 1. The minimum absolute atomic E-state index is 0.0646. The number of unbranched alkanes of at least 4 members (excludes halogenated alkanes) is 18. The number of carboxylic acids is 1. The van der Waals surface area contributed by atoms with E-state index in [-0.39, 0.29) is 6.54 Å². The summed E-state index contributed by atoms with van der Waals surface area (Å²) < 4.78 is 12.6. The molecule has 0 bridgehead atoms. The molecule has 0 aromatic heterocycles. The Hall–Kier alpha value is -1.69. The Balaban J connectivity index is 4.30.